The summed E-state index contributed by atoms with van der Waals surface area (Å²) in [6, 6.07) is 14.3. The zero-order valence-electron chi connectivity index (χ0n) is 13.5. The smallest absolute Gasteiger partial charge is 0.115 e. The predicted molar refractivity (Wildman–Crippen MR) is 91.7 cm³/mol. The van der Waals surface area contributed by atoms with Gasteiger partial charge in [0.2, 0.25) is 0 Å². The highest BCUT2D eigenvalue weighted by molar-refractivity contribution is 5.62. The van der Waals surface area contributed by atoms with Gasteiger partial charge in [0.1, 0.15) is 5.75 Å². The van der Waals surface area contributed by atoms with Crippen molar-refractivity contribution in [2.45, 2.75) is 38.3 Å². The lowest BCUT2D eigenvalue weighted by atomic mass is 9.77. The average molecular weight is 309 g/mol. The normalized spacial score (nSPS) is 26.0. The van der Waals surface area contributed by atoms with Gasteiger partial charge in [-0.25, -0.2) is 0 Å². The van der Waals surface area contributed by atoms with Crippen LogP contribution < -0.4 is 5.32 Å². The molecule has 2 aliphatic heterocycles. The van der Waals surface area contributed by atoms with E-state index < -0.39 is 0 Å². The lowest BCUT2D eigenvalue weighted by molar-refractivity contribution is -0.0382. The summed E-state index contributed by atoms with van der Waals surface area (Å²) in [5.74, 6) is 0.734. The highest BCUT2D eigenvalue weighted by atomic mass is 16.5. The van der Waals surface area contributed by atoms with Gasteiger partial charge in [-0.3, -0.25) is 0 Å². The maximum atomic E-state index is 9.88. The zero-order chi connectivity index (χ0) is 15.8. The lowest BCUT2D eigenvalue weighted by Gasteiger charge is -2.44. The Balaban J connectivity index is 1.81. The van der Waals surface area contributed by atoms with E-state index >= 15 is 0 Å². The van der Waals surface area contributed by atoms with E-state index in [9.17, 15) is 5.11 Å². The number of nitrogens with one attached hydrogen (secondary N) is 1. The van der Waals surface area contributed by atoms with Gasteiger partial charge in [-0.1, -0.05) is 37.3 Å². The summed E-state index contributed by atoms with van der Waals surface area (Å²) in [6.07, 6.45) is 3.40. The third-order valence-corrected chi connectivity index (χ3v) is 5.20. The minimum Gasteiger partial charge on any atom is -0.508 e. The van der Waals surface area contributed by atoms with Crippen molar-refractivity contribution >= 4 is 5.69 Å². The van der Waals surface area contributed by atoms with E-state index in [0.717, 1.165) is 31.4 Å². The van der Waals surface area contributed by atoms with Gasteiger partial charge in [0, 0.05) is 23.8 Å². The van der Waals surface area contributed by atoms with Crippen LogP contribution in [-0.2, 0) is 11.2 Å². The zero-order valence-corrected chi connectivity index (χ0v) is 13.5. The van der Waals surface area contributed by atoms with Gasteiger partial charge in [-0.05, 0) is 42.5 Å². The lowest BCUT2D eigenvalue weighted by Crippen LogP contribution is -2.36. The Morgan fingerprint density at radius 1 is 1.22 bits per heavy atom. The molecule has 2 aromatic carbocycles. The van der Waals surface area contributed by atoms with Crippen LogP contribution in [0, 0.1) is 5.92 Å². The molecule has 23 heavy (non-hydrogen) atoms. The van der Waals surface area contributed by atoms with Crippen molar-refractivity contribution < 1.29 is 9.84 Å². The molecule has 3 nitrogen and oxygen atoms in total. The van der Waals surface area contributed by atoms with Gasteiger partial charge < -0.3 is 15.2 Å². The number of aryl methyl sites for hydroxylation is 1. The quantitative estimate of drug-likeness (QED) is 0.852. The molecule has 2 aromatic rings. The van der Waals surface area contributed by atoms with Crippen molar-refractivity contribution in [2.75, 3.05) is 11.9 Å². The molecule has 0 saturated carbocycles. The van der Waals surface area contributed by atoms with Gasteiger partial charge >= 0.3 is 0 Å². The Bertz CT molecular complexity index is 713. The van der Waals surface area contributed by atoms with Crippen molar-refractivity contribution in [1.82, 2.24) is 0 Å². The number of phenols is 1. The molecular weight excluding hydrogens is 286 g/mol. The first kappa shape index (κ1) is 14.6. The number of aromatic hydroxyl groups is 1. The third kappa shape index (κ3) is 2.49. The van der Waals surface area contributed by atoms with Gasteiger partial charge in [-0.15, -0.1) is 0 Å². The van der Waals surface area contributed by atoms with Crippen molar-refractivity contribution in [3.63, 3.8) is 0 Å². The Morgan fingerprint density at radius 2 is 2.09 bits per heavy atom. The molecule has 0 radical (unpaired) electrons. The monoisotopic (exact) mass is 309 g/mol. The van der Waals surface area contributed by atoms with Crippen LogP contribution in [0.25, 0.3) is 0 Å². The summed E-state index contributed by atoms with van der Waals surface area (Å²) in [4.78, 5) is 0. The highest BCUT2D eigenvalue weighted by Crippen LogP contribution is 2.50. The molecule has 120 valence electrons. The summed E-state index contributed by atoms with van der Waals surface area (Å²) >= 11 is 0. The Labute approximate surface area is 137 Å². The first-order chi connectivity index (χ1) is 11.3. The maximum absolute atomic E-state index is 9.88. The number of hydrogen-bond acceptors (Lipinski definition) is 3. The number of para-hydroxylation sites is 1. The van der Waals surface area contributed by atoms with Crippen LogP contribution in [0.2, 0.25) is 0 Å². The van der Waals surface area contributed by atoms with Crippen LogP contribution in [0.4, 0.5) is 5.69 Å². The van der Waals surface area contributed by atoms with Crippen LogP contribution in [0.1, 0.15) is 48.6 Å². The van der Waals surface area contributed by atoms with Crippen molar-refractivity contribution in [2.24, 2.45) is 5.92 Å². The van der Waals surface area contributed by atoms with E-state index in [1.807, 2.05) is 12.1 Å². The molecule has 4 rings (SSSR count). The fourth-order valence-corrected chi connectivity index (χ4v) is 4.11. The Morgan fingerprint density at radius 3 is 2.91 bits per heavy atom. The molecule has 2 N–H and O–H groups in total. The molecule has 0 aromatic heterocycles. The molecule has 0 aliphatic carbocycles. The minimum atomic E-state index is 0.152. The summed E-state index contributed by atoms with van der Waals surface area (Å²) in [5.41, 5.74) is 5.00. The van der Waals surface area contributed by atoms with Crippen LogP contribution in [-0.4, -0.2) is 11.7 Å². The largest absolute Gasteiger partial charge is 0.508 e. The molecule has 0 unspecified atom stereocenters. The number of ether oxygens (including phenoxy) is 1. The number of rotatable bonds is 2. The molecule has 2 heterocycles. The molecule has 0 bridgehead atoms. The van der Waals surface area contributed by atoms with Gasteiger partial charge in [0.25, 0.3) is 0 Å². The molecule has 0 spiro atoms. The molecule has 1 fully saturated rings. The molecule has 0 amide bonds. The summed E-state index contributed by atoms with van der Waals surface area (Å²) < 4.78 is 6.19. The molecule has 1 saturated heterocycles. The number of anilines is 1. The average Bonchev–Trinajstić information content (AvgIpc) is 2.60. The van der Waals surface area contributed by atoms with E-state index in [4.69, 9.17) is 4.74 Å². The van der Waals surface area contributed by atoms with Crippen LogP contribution >= 0.6 is 0 Å². The second-order valence-corrected chi connectivity index (χ2v) is 6.55. The maximum Gasteiger partial charge on any atom is 0.115 e. The molecule has 3 atom stereocenters. The van der Waals surface area contributed by atoms with E-state index in [2.05, 4.69) is 36.5 Å². The Kier molecular flexibility index (Phi) is 3.74. The topological polar surface area (TPSA) is 41.5 Å². The standard InChI is InChI=1S/C20H23NO2/c1-2-13-6-4-9-16-18(13)21-19(14-7-3-8-15(22)12-14)17-10-5-11-23-20(16)17/h3-4,6-9,12,17,19-22H,2,5,10-11H2,1H3/t17-,19-,20+/m0/s1. The summed E-state index contributed by atoms with van der Waals surface area (Å²) in [5, 5.41) is 13.6. The van der Waals surface area contributed by atoms with Crippen molar-refractivity contribution in [1.29, 1.82) is 0 Å². The van der Waals surface area contributed by atoms with Crippen molar-refractivity contribution in [3.8, 4) is 5.75 Å². The van der Waals surface area contributed by atoms with E-state index in [1.165, 1.54) is 16.8 Å². The second-order valence-electron chi connectivity index (χ2n) is 6.55. The summed E-state index contributed by atoms with van der Waals surface area (Å²) in [6.45, 7) is 3.03. The Hall–Kier alpha value is -2.00. The SMILES string of the molecule is CCc1cccc2c1N[C@@H](c1cccc(O)c1)[C@@H]1CCCO[C@H]21. The van der Waals surface area contributed by atoms with Gasteiger partial charge in [0.15, 0.2) is 0 Å². The van der Waals surface area contributed by atoms with Crippen LogP contribution in [0.3, 0.4) is 0 Å². The molecule has 2 aliphatic rings. The second kappa shape index (κ2) is 5.89. The number of fused-ring (bicyclic) bond motifs is 3. The van der Waals surface area contributed by atoms with Crippen molar-refractivity contribution in [3.05, 3.63) is 59.2 Å². The van der Waals surface area contributed by atoms with Crippen LogP contribution in [0.5, 0.6) is 5.75 Å². The van der Waals surface area contributed by atoms with Gasteiger partial charge in [-0.2, -0.15) is 0 Å². The third-order valence-electron chi connectivity index (χ3n) is 5.20. The van der Waals surface area contributed by atoms with Crippen LogP contribution in [0.15, 0.2) is 42.5 Å². The fraction of sp³-hybridized carbons (Fsp3) is 0.400. The van der Waals surface area contributed by atoms with E-state index in [-0.39, 0.29) is 12.1 Å². The minimum absolute atomic E-state index is 0.152. The van der Waals surface area contributed by atoms with E-state index in [0.29, 0.717) is 11.7 Å². The number of phenolic OH excluding ortho intramolecular Hbond substituents is 1. The van der Waals surface area contributed by atoms with Gasteiger partial charge in [0.05, 0.1) is 12.1 Å². The number of hydrogen-bond donors (Lipinski definition) is 2. The molecular formula is C20H23NO2. The predicted octanol–water partition coefficient (Wildman–Crippen LogP) is 4.59. The highest BCUT2D eigenvalue weighted by Gasteiger charge is 2.40. The number of benzene rings is 2. The first-order valence-electron chi connectivity index (χ1n) is 8.56. The fourth-order valence-electron chi connectivity index (χ4n) is 4.11. The molecule has 3 heteroatoms. The summed E-state index contributed by atoms with van der Waals surface area (Å²) in [7, 11) is 0. The first-order valence-corrected chi connectivity index (χ1v) is 8.56. The van der Waals surface area contributed by atoms with E-state index in [1.54, 1.807) is 6.07 Å².